The average molecular weight is 506 g/mol. The Labute approximate surface area is 217 Å². The van der Waals surface area contributed by atoms with Crippen LogP contribution in [0.2, 0.25) is 0 Å². The number of piperidine rings is 1. The lowest BCUT2D eigenvalue weighted by molar-refractivity contribution is -0.136. The summed E-state index contributed by atoms with van der Waals surface area (Å²) in [7, 11) is 1.64. The summed E-state index contributed by atoms with van der Waals surface area (Å²) in [4.78, 5) is 25.7. The van der Waals surface area contributed by atoms with E-state index in [1.807, 2.05) is 35.2 Å². The zero-order chi connectivity index (χ0) is 25.6. The maximum Gasteiger partial charge on any atom is 0.236 e. The molecule has 0 bridgehead atoms. The number of methoxy groups -OCH3 is 1. The number of nitrogens with zero attached hydrogens (tertiary/aromatic N) is 4. The third-order valence-corrected chi connectivity index (χ3v) is 7.12. The van der Waals surface area contributed by atoms with Crippen LogP contribution >= 0.6 is 0 Å². The molecule has 3 aromatic rings. The first kappa shape index (κ1) is 25.2. The summed E-state index contributed by atoms with van der Waals surface area (Å²) in [6.07, 6.45) is 3.30. The van der Waals surface area contributed by atoms with Crippen LogP contribution in [0.1, 0.15) is 31.4 Å². The number of benzene rings is 2. The number of hydrogen-bond acceptors (Lipinski definition) is 8. The van der Waals surface area contributed by atoms with Crippen LogP contribution < -0.4 is 14.8 Å². The third-order valence-electron chi connectivity index (χ3n) is 7.12. The van der Waals surface area contributed by atoms with Crippen molar-refractivity contribution < 1.29 is 19.0 Å². The Kier molecular flexibility index (Phi) is 8.01. The van der Waals surface area contributed by atoms with Crippen LogP contribution in [0.5, 0.6) is 11.5 Å². The molecule has 2 fully saturated rings. The third kappa shape index (κ3) is 6.11. The summed E-state index contributed by atoms with van der Waals surface area (Å²) < 4.78 is 17.5. The van der Waals surface area contributed by atoms with Gasteiger partial charge in [-0.15, -0.1) is 0 Å². The molecule has 1 amide bonds. The summed E-state index contributed by atoms with van der Waals surface area (Å²) in [5, 5.41) is 4.41. The maximum absolute atomic E-state index is 12.6. The Hall–Kier alpha value is -3.43. The minimum atomic E-state index is 0.0466. The molecule has 0 unspecified atom stereocenters. The molecule has 2 aliphatic rings. The number of anilines is 1. The van der Waals surface area contributed by atoms with Crippen molar-refractivity contribution in [2.24, 2.45) is 0 Å². The van der Waals surface area contributed by atoms with Gasteiger partial charge < -0.3 is 24.4 Å². The van der Waals surface area contributed by atoms with Crippen LogP contribution in [-0.2, 0) is 9.53 Å². The van der Waals surface area contributed by atoms with Crippen LogP contribution in [-0.4, -0.2) is 84.8 Å². The molecule has 1 N–H and O–H groups in total. The lowest BCUT2D eigenvalue weighted by Gasteiger charge is -2.34. The summed E-state index contributed by atoms with van der Waals surface area (Å²) in [6.45, 7) is 6.84. The van der Waals surface area contributed by atoms with Gasteiger partial charge in [-0.05, 0) is 31.4 Å². The molecule has 1 atom stereocenters. The molecule has 2 aliphatic heterocycles. The number of carbonyl (C=O) groups excluding carboxylic acids is 1. The van der Waals surface area contributed by atoms with E-state index in [-0.39, 0.29) is 18.1 Å². The van der Waals surface area contributed by atoms with E-state index in [9.17, 15) is 4.79 Å². The van der Waals surface area contributed by atoms with Crippen LogP contribution in [0.3, 0.4) is 0 Å². The molecule has 2 aromatic carbocycles. The van der Waals surface area contributed by atoms with E-state index in [0.29, 0.717) is 44.3 Å². The number of rotatable bonds is 8. The fraction of sp³-hybridized carbons (Fsp3) is 0.464. The van der Waals surface area contributed by atoms with E-state index in [1.165, 1.54) is 5.56 Å². The number of nitrogens with one attached hydrogen (secondary N) is 1. The fourth-order valence-electron chi connectivity index (χ4n) is 4.93. The number of carbonyl (C=O) groups is 1. The quantitative estimate of drug-likeness (QED) is 0.498. The minimum Gasteiger partial charge on any atom is -0.493 e. The zero-order valence-corrected chi connectivity index (χ0v) is 21.6. The molecule has 37 heavy (non-hydrogen) atoms. The highest BCUT2D eigenvalue weighted by molar-refractivity contribution is 5.91. The highest BCUT2D eigenvalue weighted by atomic mass is 16.5. The Balaban J connectivity index is 1.25. The van der Waals surface area contributed by atoms with Crippen LogP contribution in [0.15, 0.2) is 48.8 Å². The number of aromatic nitrogens is 2. The summed E-state index contributed by atoms with van der Waals surface area (Å²) in [5.74, 6) is 2.27. The van der Waals surface area contributed by atoms with Gasteiger partial charge in [0.25, 0.3) is 0 Å². The Morgan fingerprint density at radius 2 is 1.84 bits per heavy atom. The van der Waals surface area contributed by atoms with E-state index in [1.54, 1.807) is 13.4 Å². The van der Waals surface area contributed by atoms with E-state index in [0.717, 1.165) is 42.7 Å². The molecular formula is C28H35N5O4. The largest absolute Gasteiger partial charge is 0.493 e. The Bertz CT molecular complexity index is 1190. The fourth-order valence-corrected chi connectivity index (χ4v) is 4.93. The van der Waals surface area contributed by atoms with Crippen molar-refractivity contribution in [2.75, 3.05) is 58.4 Å². The standard InChI is InChI=1S/C28H35N5O4/c1-20(21-6-4-3-5-7-21)31-28-23-16-26(25(35-2)17-24(23)29-19-30-28)37-22-8-10-32(11-9-22)18-27(34)33-12-14-36-15-13-33/h3-7,16-17,19-20,22H,8-15,18H2,1-2H3,(H,29,30,31)/t20-/m1/s1. The van der Waals surface area contributed by atoms with E-state index in [4.69, 9.17) is 14.2 Å². The van der Waals surface area contributed by atoms with Crippen molar-refractivity contribution in [3.8, 4) is 11.5 Å². The van der Waals surface area contributed by atoms with Crippen molar-refractivity contribution >= 4 is 22.6 Å². The van der Waals surface area contributed by atoms with Crippen molar-refractivity contribution in [3.63, 3.8) is 0 Å². The van der Waals surface area contributed by atoms with Gasteiger partial charge in [0.05, 0.1) is 32.4 Å². The topological polar surface area (TPSA) is 89.1 Å². The van der Waals surface area contributed by atoms with Crippen LogP contribution in [0, 0.1) is 0 Å². The summed E-state index contributed by atoms with van der Waals surface area (Å²) in [5.41, 5.74) is 1.97. The molecule has 1 aromatic heterocycles. The molecule has 9 heteroatoms. The van der Waals surface area contributed by atoms with Crippen molar-refractivity contribution in [2.45, 2.75) is 31.9 Å². The van der Waals surface area contributed by atoms with Gasteiger partial charge in [0, 0.05) is 43.7 Å². The molecule has 0 saturated carbocycles. The Morgan fingerprint density at radius 3 is 2.57 bits per heavy atom. The van der Waals surface area contributed by atoms with Gasteiger partial charge in [0.2, 0.25) is 5.91 Å². The highest BCUT2D eigenvalue weighted by Gasteiger charge is 2.26. The monoisotopic (exact) mass is 505 g/mol. The number of morpholine rings is 1. The summed E-state index contributed by atoms with van der Waals surface area (Å²) in [6, 6.07) is 14.2. The van der Waals surface area contributed by atoms with Crippen molar-refractivity contribution in [1.82, 2.24) is 19.8 Å². The first-order valence-corrected chi connectivity index (χ1v) is 13.0. The first-order valence-electron chi connectivity index (χ1n) is 13.0. The maximum atomic E-state index is 12.6. The highest BCUT2D eigenvalue weighted by Crippen LogP contribution is 2.36. The Morgan fingerprint density at radius 1 is 1.08 bits per heavy atom. The minimum absolute atomic E-state index is 0.0466. The lowest BCUT2D eigenvalue weighted by Crippen LogP contribution is -2.48. The van der Waals surface area contributed by atoms with Crippen molar-refractivity contribution in [3.05, 3.63) is 54.4 Å². The average Bonchev–Trinajstić information content (AvgIpc) is 2.95. The van der Waals surface area contributed by atoms with Gasteiger partial charge in [-0.25, -0.2) is 9.97 Å². The van der Waals surface area contributed by atoms with Gasteiger partial charge in [0.1, 0.15) is 18.2 Å². The van der Waals surface area contributed by atoms with Gasteiger partial charge in [-0.1, -0.05) is 30.3 Å². The number of likely N-dealkylation sites (tertiary alicyclic amines) is 1. The van der Waals surface area contributed by atoms with Gasteiger partial charge in [-0.2, -0.15) is 0 Å². The smallest absolute Gasteiger partial charge is 0.236 e. The second-order valence-electron chi connectivity index (χ2n) is 9.61. The zero-order valence-electron chi connectivity index (χ0n) is 21.6. The second-order valence-corrected chi connectivity index (χ2v) is 9.61. The second kappa shape index (κ2) is 11.7. The molecule has 0 radical (unpaired) electrons. The van der Waals surface area contributed by atoms with Gasteiger partial charge >= 0.3 is 0 Å². The lowest BCUT2D eigenvalue weighted by atomic mass is 10.1. The molecule has 9 nitrogen and oxygen atoms in total. The molecule has 3 heterocycles. The molecule has 0 spiro atoms. The normalized spacial score (nSPS) is 17.9. The summed E-state index contributed by atoms with van der Waals surface area (Å²) >= 11 is 0. The first-order chi connectivity index (χ1) is 18.1. The van der Waals surface area contributed by atoms with Crippen LogP contribution in [0.25, 0.3) is 10.9 Å². The predicted octanol–water partition coefficient (Wildman–Crippen LogP) is 3.51. The number of ether oxygens (including phenoxy) is 3. The SMILES string of the molecule is COc1cc2ncnc(N[C@H](C)c3ccccc3)c2cc1OC1CCN(CC(=O)N2CCOCC2)CC1. The number of hydrogen-bond donors (Lipinski definition) is 1. The van der Waals surface area contributed by atoms with E-state index in [2.05, 4.69) is 39.2 Å². The van der Waals surface area contributed by atoms with Crippen molar-refractivity contribution in [1.29, 1.82) is 0 Å². The number of fused-ring (bicyclic) bond motifs is 1. The van der Waals surface area contributed by atoms with Crippen LogP contribution in [0.4, 0.5) is 5.82 Å². The number of amides is 1. The predicted molar refractivity (Wildman–Crippen MR) is 142 cm³/mol. The van der Waals surface area contributed by atoms with E-state index < -0.39 is 0 Å². The van der Waals surface area contributed by atoms with Gasteiger partial charge in [-0.3, -0.25) is 9.69 Å². The molecule has 2 saturated heterocycles. The van der Waals surface area contributed by atoms with E-state index >= 15 is 0 Å². The molecule has 0 aliphatic carbocycles. The molecular weight excluding hydrogens is 470 g/mol. The molecule has 196 valence electrons. The molecule has 5 rings (SSSR count). The van der Waals surface area contributed by atoms with Gasteiger partial charge in [0.15, 0.2) is 11.5 Å².